The number of carbonyl (C=O) groups is 1. The SMILES string of the molecule is COc1cc(N)c(Cl)cc1C(=O)NCC1CCN(CC2CCCNC2)CC1. The largest absolute Gasteiger partial charge is 0.496 e. The van der Waals surface area contributed by atoms with E-state index in [0.29, 0.717) is 34.5 Å². The molecule has 1 unspecified atom stereocenters. The van der Waals surface area contributed by atoms with E-state index in [-0.39, 0.29) is 5.91 Å². The summed E-state index contributed by atoms with van der Waals surface area (Å²) in [6.45, 7) is 6.45. The molecule has 2 saturated heterocycles. The fraction of sp³-hybridized carbons (Fsp3) is 0.650. The first-order chi connectivity index (χ1) is 13.1. The summed E-state index contributed by atoms with van der Waals surface area (Å²) in [4.78, 5) is 15.1. The van der Waals surface area contributed by atoms with Crippen LogP contribution in [0.2, 0.25) is 5.02 Å². The van der Waals surface area contributed by atoms with E-state index in [2.05, 4.69) is 15.5 Å². The Labute approximate surface area is 166 Å². The standard InChI is InChI=1S/C20H31ClN4O2/c1-27-19-10-18(22)17(21)9-16(19)20(26)24-12-14-4-7-25(8-5-14)13-15-3-2-6-23-11-15/h9-10,14-15,23H,2-8,11-13,22H2,1H3,(H,24,26). The molecule has 0 aliphatic carbocycles. The van der Waals surface area contributed by atoms with Gasteiger partial charge in [-0.2, -0.15) is 0 Å². The highest BCUT2D eigenvalue weighted by molar-refractivity contribution is 6.33. The molecule has 1 amide bonds. The van der Waals surface area contributed by atoms with Crippen molar-refractivity contribution in [1.82, 2.24) is 15.5 Å². The molecule has 1 aromatic carbocycles. The van der Waals surface area contributed by atoms with Crippen LogP contribution in [0.15, 0.2) is 12.1 Å². The van der Waals surface area contributed by atoms with Crippen molar-refractivity contribution in [3.8, 4) is 5.75 Å². The van der Waals surface area contributed by atoms with Crippen LogP contribution in [0.1, 0.15) is 36.0 Å². The lowest BCUT2D eigenvalue weighted by atomic mass is 9.94. The maximum Gasteiger partial charge on any atom is 0.255 e. The summed E-state index contributed by atoms with van der Waals surface area (Å²) in [6.07, 6.45) is 4.89. The molecule has 1 atom stereocenters. The number of likely N-dealkylation sites (tertiary alicyclic amines) is 1. The van der Waals surface area contributed by atoms with Gasteiger partial charge in [0.1, 0.15) is 5.75 Å². The van der Waals surface area contributed by atoms with Gasteiger partial charge in [0.05, 0.1) is 23.4 Å². The second-order valence-electron chi connectivity index (χ2n) is 7.74. The number of methoxy groups -OCH3 is 1. The van der Waals surface area contributed by atoms with E-state index in [0.717, 1.165) is 38.4 Å². The Morgan fingerprint density at radius 2 is 2.11 bits per heavy atom. The highest BCUT2D eigenvalue weighted by Crippen LogP contribution is 2.29. The van der Waals surface area contributed by atoms with E-state index >= 15 is 0 Å². The number of amides is 1. The van der Waals surface area contributed by atoms with Crippen molar-refractivity contribution in [1.29, 1.82) is 0 Å². The zero-order valence-corrected chi connectivity index (χ0v) is 16.9. The molecular formula is C20H31ClN4O2. The number of nitrogens with two attached hydrogens (primary N) is 1. The predicted molar refractivity (Wildman–Crippen MR) is 110 cm³/mol. The summed E-state index contributed by atoms with van der Waals surface area (Å²) < 4.78 is 5.27. The van der Waals surface area contributed by atoms with Crippen LogP contribution < -0.4 is 21.1 Å². The second-order valence-corrected chi connectivity index (χ2v) is 8.15. The van der Waals surface area contributed by atoms with E-state index in [4.69, 9.17) is 22.1 Å². The summed E-state index contributed by atoms with van der Waals surface area (Å²) >= 11 is 6.06. The minimum Gasteiger partial charge on any atom is -0.496 e. The minimum atomic E-state index is -0.163. The van der Waals surface area contributed by atoms with Crippen molar-refractivity contribution in [2.24, 2.45) is 11.8 Å². The predicted octanol–water partition coefficient (Wildman–Crippen LogP) is 2.37. The molecule has 2 fully saturated rings. The molecule has 0 spiro atoms. The van der Waals surface area contributed by atoms with E-state index in [1.807, 2.05) is 0 Å². The number of hydrogen-bond donors (Lipinski definition) is 3. The number of nitrogen functional groups attached to an aromatic ring is 1. The molecule has 6 nitrogen and oxygen atoms in total. The van der Waals surface area contributed by atoms with Gasteiger partial charge in [-0.25, -0.2) is 0 Å². The van der Waals surface area contributed by atoms with Gasteiger partial charge in [0, 0.05) is 19.2 Å². The fourth-order valence-electron chi connectivity index (χ4n) is 4.07. The van der Waals surface area contributed by atoms with E-state index in [1.54, 1.807) is 12.1 Å². The minimum absolute atomic E-state index is 0.163. The molecule has 0 saturated carbocycles. The normalized spacial score (nSPS) is 21.8. The Bertz CT molecular complexity index is 641. The number of hydrogen-bond acceptors (Lipinski definition) is 5. The fourth-order valence-corrected chi connectivity index (χ4v) is 4.23. The zero-order chi connectivity index (χ0) is 19.2. The molecule has 2 aliphatic heterocycles. The quantitative estimate of drug-likeness (QED) is 0.645. The Morgan fingerprint density at radius 1 is 1.33 bits per heavy atom. The molecule has 3 rings (SSSR count). The average Bonchev–Trinajstić information content (AvgIpc) is 2.69. The van der Waals surface area contributed by atoms with E-state index in [9.17, 15) is 4.79 Å². The first-order valence-corrected chi connectivity index (χ1v) is 10.3. The van der Waals surface area contributed by atoms with Crippen molar-refractivity contribution < 1.29 is 9.53 Å². The Hall–Kier alpha value is -1.50. The Morgan fingerprint density at radius 3 is 2.78 bits per heavy atom. The lowest BCUT2D eigenvalue weighted by Gasteiger charge is -2.35. The van der Waals surface area contributed by atoms with Crippen LogP contribution in [0.4, 0.5) is 5.69 Å². The molecule has 150 valence electrons. The first kappa shape index (κ1) is 20.2. The van der Waals surface area contributed by atoms with E-state index < -0.39 is 0 Å². The van der Waals surface area contributed by atoms with Crippen molar-refractivity contribution >= 4 is 23.2 Å². The number of benzene rings is 1. The molecule has 1 aromatic rings. The van der Waals surface area contributed by atoms with Gasteiger partial charge in [0.25, 0.3) is 5.91 Å². The van der Waals surface area contributed by atoms with Gasteiger partial charge >= 0.3 is 0 Å². The number of anilines is 1. The zero-order valence-electron chi connectivity index (χ0n) is 16.1. The molecule has 4 N–H and O–H groups in total. The summed E-state index contributed by atoms with van der Waals surface area (Å²) in [5.41, 5.74) is 6.62. The second kappa shape index (κ2) is 9.62. The number of nitrogens with one attached hydrogen (secondary N) is 2. The van der Waals surface area contributed by atoms with Crippen LogP contribution in [-0.2, 0) is 0 Å². The molecule has 27 heavy (non-hydrogen) atoms. The highest BCUT2D eigenvalue weighted by atomic mass is 35.5. The lowest BCUT2D eigenvalue weighted by molar-refractivity contribution is 0.0929. The van der Waals surface area contributed by atoms with E-state index in [1.165, 1.54) is 33.0 Å². The van der Waals surface area contributed by atoms with Gasteiger partial charge in [0.2, 0.25) is 0 Å². The van der Waals surface area contributed by atoms with Crippen LogP contribution in [-0.4, -0.2) is 57.2 Å². The Balaban J connectivity index is 1.44. The molecule has 0 bridgehead atoms. The van der Waals surface area contributed by atoms with Crippen molar-refractivity contribution in [3.63, 3.8) is 0 Å². The van der Waals surface area contributed by atoms with Crippen LogP contribution in [0.3, 0.4) is 0 Å². The topological polar surface area (TPSA) is 79.6 Å². The van der Waals surface area contributed by atoms with Gasteiger partial charge in [-0.15, -0.1) is 0 Å². The summed E-state index contributed by atoms with van der Waals surface area (Å²) in [7, 11) is 1.52. The maximum atomic E-state index is 12.5. The molecule has 0 aromatic heterocycles. The molecule has 2 heterocycles. The number of rotatable bonds is 6. The number of ether oxygens (including phenoxy) is 1. The lowest BCUT2D eigenvalue weighted by Crippen LogP contribution is -2.43. The maximum absolute atomic E-state index is 12.5. The smallest absolute Gasteiger partial charge is 0.255 e. The van der Waals surface area contributed by atoms with Crippen LogP contribution in [0.25, 0.3) is 0 Å². The Kier molecular flexibility index (Phi) is 7.21. The van der Waals surface area contributed by atoms with Gasteiger partial charge in [-0.3, -0.25) is 4.79 Å². The van der Waals surface area contributed by atoms with Gasteiger partial charge < -0.3 is 26.0 Å². The molecule has 0 radical (unpaired) electrons. The molecule has 7 heteroatoms. The number of piperidine rings is 2. The first-order valence-electron chi connectivity index (χ1n) is 9.91. The van der Waals surface area contributed by atoms with Crippen molar-refractivity contribution in [2.75, 3.05) is 52.1 Å². The monoisotopic (exact) mass is 394 g/mol. The summed E-state index contributed by atoms with van der Waals surface area (Å²) in [5.74, 6) is 1.59. The third-order valence-electron chi connectivity index (χ3n) is 5.74. The highest BCUT2D eigenvalue weighted by Gasteiger charge is 2.23. The molecule has 2 aliphatic rings. The van der Waals surface area contributed by atoms with Crippen LogP contribution >= 0.6 is 11.6 Å². The van der Waals surface area contributed by atoms with Gasteiger partial charge in [-0.1, -0.05) is 11.6 Å². The number of carbonyl (C=O) groups excluding carboxylic acids is 1. The summed E-state index contributed by atoms with van der Waals surface area (Å²) in [6, 6.07) is 3.17. The van der Waals surface area contributed by atoms with Crippen LogP contribution in [0.5, 0.6) is 5.75 Å². The third kappa shape index (κ3) is 5.50. The van der Waals surface area contributed by atoms with Crippen LogP contribution in [0, 0.1) is 11.8 Å². The third-order valence-corrected chi connectivity index (χ3v) is 6.06. The molecular weight excluding hydrogens is 364 g/mol. The average molecular weight is 395 g/mol. The summed E-state index contributed by atoms with van der Waals surface area (Å²) in [5, 5.41) is 6.90. The van der Waals surface area contributed by atoms with Crippen molar-refractivity contribution in [2.45, 2.75) is 25.7 Å². The number of halogens is 1. The van der Waals surface area contributed by atoms with Gasteiger partial charge in [0.15, 0.2) is 0 Å². The number of nitrogens with zero attached hydrogens (tertiary/aromatic N) is 1. The van der Waals surface area contributed by atoms with Gasteiger partial charge in [-0.05, 0) is 69.8 Å². The van der Waals surface area contributed by atoms with Crippen molar-refractivity contribution in [3.05, 3.63) is 22.7 Å².